The van der Waals surface area contributed by atoms with Gasteiger partial charge in [0.2, 0.25) is 0 Å². The fourth-order valence-electron chi connectivity index (χ4n) is 5.37. The Morgan fingerprint density at radius 3 is 1.27 bits per heavy atom. The molecule has 0 atom stereocenters. The van der Waals surface area contributed by atoms with E-state index in [1.54, 1.807) is 0 Å². The second-order valence-corrected chi connectivity index (χ2v) is 17.2. The van der Waals surface area contributed by atoms with Crippen LogP contribution in [-0.2, 0) is 14.2 Å². The third-order valence-electron chi connectivity index (χ3n) is 6.43. The summed E-state index contributed by atoms with van der Waals surface area (Å²) in [5.41, 5.74) is 0.0564. The molecule has 0 aliphatic carbocycles. The summed E-state index contributed by atoms with van der Waals surface area (Å²) in [6.45, 7) is 29.1. The Hall–Kier alpha value is -0.360. The quantitative estimate of drug-likeness (QED) is 0.258. The van der Waals surface area contributed by atoms with E-state index in [4.69, 9.17) is 14.2 Å². The van der Waals surface area contributed by atoms with Gasteiger partial charge in [0.1, 0.15) is 0 Å². The Balaban J connectivity index is 0. The van der Waals surface area contributed by atoms with E-state index in [9.17, 15) is 0 Å². The minimum absolute atomic E-state index is 0.00537. The third kappa shape index (κ3) is 30.3. The first-order valence-corrected chi connectivity index (χ1v) is 16.6. The molecule has 0 amide bonds. The molecule has 0 bridgehead atoms. The van der Waals surface area contributed by atoms with Crippen molar-refractivity contribution in [2.24, 2.45) is 11.3 Å². The van der Waals surface area contributed by atoms with Gasteiger partial charge in [0, 0.05) is 50.7 Å². The van der Waals surface area contributed by atoms with Gasteiger partial charge in [-0.3, -0.25) is 9.80 Å². The van der Waals surface area contributed by atoms with Crippen molar-refractivity contribution >= 4 is 0 Å². The molecule has 44 heavy (non-hydrogen) atoms. The molecule has 0 spiro atoms. The summed E-state index contributed by atoms with van der Waals surface area (Å²) in [6, 6.07) is 0. The van der Waals surface area contributed by atoms with Gasteiger partial charge in [-0.25, -0.2) is 0 Å². The molecule has 0 N–H and O–H groups in total. The van der Waals surface area contributed by atoms with Crippen LogP contribution in [0.4, 0.5) is 0 Å². The summed E-state index contributed by atoms with van der Waals surface area (Å²) in [5.74, 6) is 0.651. The van der Waals surface area contributed by atoms with E-state index in [0.717, 1.165) is 72.2 Å². The number of ether oxygens (including phenoxy) is 3. The van der Waals surface area contributed by atoms with Crippen molar-refractivity contribution in [3.05, 3.63) is 0 Å². The van der Waals surface area contributed by atoms with Gasteiger partial charge in [0.15, 0.2) is 0 Å². The molecular weight excluding hydrogens is 552 g/mol. The van der Waals surface area contributed by atoms with Crippen LogP contribution in [0.3, 0.4) is 0 Å². The van der Waals surface area contributed by atoms with Crippen LogP contribution >= 0.6 is 0 Å². The number of rotatable bonds is 14. The van der Waals surface area contributed by atoms with E-state index >= 15 is 0 Å². The topological polar surface area (TPSA) is 47.1 Å². The van der Waals surface area contributed by atoms with E-state index in [0.29, 0.717) is 5.92 Å². The lowest BCUT2D eigenvalue weighted by atomic mass is 9.86. The smallest absolute Gasteiger partial charge is 0.0598 e. The minimum atomic E-state index is -0.0871. The van der Waals surface area contributed by atoms with Crippen molar-refractivity contribution in [2.45, 2.75) is 85.5 Å². The molecule has 1 aliphatic heterocycles. The lowest BCUT2D eigenvalue weighted by Gasteiger charge is -2.41. The highest BCUT2D eigenvalue weighted by Gasteiger charge is 2.34. The van der Waals surface area contributed by atoms with Crippen LogP contribution in [0.2, 0.25) is 0 Å². The first kappa shape index (κ1) is 45.8. The molecule has 0 saturated carbocycles. The highest BCUT2D eigenvalue weighted by molar-refractivity contribution is 4.87. The van der Waals surface area contributed by atoms with Gasteiger partial charge in [-0.1, -0.05) is 0 Å². The minimum Gasteiger partial charge on any atom is -0.376 e. The van der Waals surface area contributed by atoms with E-state index in [2.05, 4.69) is 162 Å². The molecule has 9 heteroatoms. The van der Waals surface area contributed by atoms with Crippen LogP contribution in [0.1, 0.15) is 68.7 Å². The standard InChI is InChI=1S/C15H35N3O.C11H24N2O.C9H21NO/c1-14(2,3)19-13-15(10-16(4)5,11-17(6)7)12-18(8)9;1-11(2,3)14-8-10-6-12(4)9-13(5)7-10;1-9(2,3)11-8-6-7-10(4)5/h10-13H2,1-9H3;10H,6-9H2,1-5H3;6-8H2,1-5H3. The van der Waals surface area contributed by atoms with Crippen molar-refractivity contribution in [1.82, 2.24) is 29.4 Å². The summed E-state index contributed by atoms with van der Waals surface area (Å²) in [4.78, 5) is 13.7. The molecule has 268 valence electrons. The van der Waals surface area contributed by atoms with Crippen molar-refractivity contribution in [2.75, 3.05) is 136 Å². The molecule has 1 rings (SSSR count). The zero-order valence-corrected chi connectivity index (χ0v) is 33.3. The second kappa shape index (κ2) is 21.5. The highest BCUT2D eigenvalue weighted by atomic mass is 16.5. The average molecular weight is 633 g/mol. The number of hydrogen-bond donors (Lipinski definition) is 0. The molecule has 9 nitrogen and oxygen atoms in total. The molecule has 1 saturated heterocycles. The maximum Gasteiger partial charge on any atom is 0.0598 e. The molecule has 1 fully saturated rings. The Morgan fingerprint density at radius 2 is 0.955 bits per heavy atom. The first-order valence-electron chi connectivity index (χ1n) is 16.6. The summed E-state index contributed by atoms with van der Waals surface area (Å²) in [5, 5.41) is 0. The van der Waals surface area contributed by atoms with Crippen LogP contribution in [-0.4, -0.2) is 182 Å². The summed E-state index contributed by atoms with van der Waals surface area (Å²) >= 11 is 0. The third-order valence-corrected chi connectivity index (χ3v) is 6.43. The fourth-order valence-corrected chi connectivity index (χ4v) is 5.37. The molecular formula is C35H80N6O3. The first-order chi connectivity index (χ1) is 19.7. The van der Waals surface area contributed by atoms with Gasteiger partial charge in [-0.05, 0) is 146 Å². The fraction of sp³-hybridized carbons (Fsp3) is 1.00. The second-order valence-electron chi connectivity index (χ2n) is 17.2. The zero-order chi connectivity index (χ0) is 34.9. The molecule has 0 aromatic carbocycles. The Morgan fingerprint density at radius 1 is 0.568 bits per heavy atom. The Bertz CT molecular complexity index is 660. The predicted octanol–water partition coefficient (Wildman–Crippen LogP) is 4.48. The molecule has 0 radical (unpaired) electrons. The summed E-state index contributed by atoms with van der Waals surface area (Å²) < 4.78 is 17.5. The van der Waals surface area contributed by atoms with Gasteiger partial charge < -0.3 is 33.8 Å². The maximum absolute atomic E-state index is 6.12. The van der Waals surface area contributed by atoms with Gasteiger partial charge in [0.05, 0.1) is 36.7 Å². The molecule has 1 aliphatic rings. The molecule has 1 heterocycles. The Labute approximate surface area is 276 Å². The summed E-state index contributed by atoms with van der Waals surface area (Å²) in [7, 11) is 21.3. The predicted molar refractivity (Wildman–Crippen MR) is 192 cm³/mol. The van der Waals surface area contributed by atoms with Crippen molar-refractivity contribution in [3.63, 3.8) is 0 Å². The van der Waals surface area contributed by atoms with Gasteiger partial charge in [0.25, 0.3) is 0 Å². The van der Waals surface area contributed by atoms with Crippen LogP contribution < -0.4 is 0 Å². The van der Waals surface area contributed by atoms with E-state index in [1.807, 2.05) is 0 Å². The van der Waals surface area contributed by atoms with E-state index in [1.165, 1.54) is 0 Å². The van der Waals surface area contributed by atoms with Crippen molar-refractivity contribution in [1.29, 1.82) is 0 Å². The maximum atomic E-state index is 6.12. The van der Waals surface area contributed by atoms with E-state index < -0.39 is 0 Å². The van der Waals surface area contributed by atoms with Crippen molar-refractivity contribution < 1.29 is 14.2 Å². The van der Waals surface area contributed by atoms with Crippen molar-refractivity contribution in [3.8, 4) is 0 Å². The van der Waals surface area contributed by atoms with E-state index in [-0.39, 0.29) is 22.2 Å². The normalized spacial score (nSPS) is 16.4. The highest BCUT2D eigenvalue weighted by Crippen LogP contribution is 2.24. The molecule has 0 aromatic rings. The lowest BCUT2D eigenvalue weighted by molar-refractivity contribution is -0.0714. The van der Waals surface area contributed by atoms with Gasteiger partial charge in [-0.2, -0.15) is 0 Å². The number of nitrogens with zero attached hydrogens (tertiary/aromatic N) is 6. The van der Waals surface area contributed by atoms with Crippen LogP contribution in [0.15, 0.2) is 0 Å². The number of hydrogen-bond acceptors (Lipinski definition) is 9. The van der Waals surface area contributed by atoms with Crippen LogP contribution in [0, 0.1) is 11.3 Å². The SMILES string of the molecule is CN(C)CC(COC(C)(C)C)(CN(C)C)CN(C)C.CN(C)CCCOC(C)(C)C.CN1CC(COC(C)(C)C)CN(C)C1. The Kier molecular flexibility index (Phi) is 22.4. The molecule has 0 unspecified atom stereocenters. The van der Waals surface area contributed by atoms with Crippen LogP contribution in [0.5, 0.6) is 0 Å². The van der Waals surface area contributed by atoms with Gasteiger partial charge >= 0.3 is 0 Å². The largest absolute Gasteiger partial charge is 0.376 e. The monoisotopic (exact) mass is 633 g/mol. The van der Waals surface area contributed by atoms with Gasteiger partial charge in [-0.15, -0.1) is 0 Å². The average Bonchev–Trinajstić information content (AvgIpc) is 2.77. The summed E-state index contributed by atoms with van der Waals surface area (Å²) in [6.07, 6.45) is 1.12. The molecule has 0 aromatic heterocycles. The lowest BCUT2D eigenvalue weighted by Crippen LogP contribution is -2.51. The van der Waals surface area contributed by atoms with Crippen LogP contribution in [0.25, 0.3) is 0 Å². The zero-order valence-electron chi connectivity index (χ0n) is 33.3.